The van der Waals surface area contributed by atoms with Gasteiger partial charge in [-0.05, 0) is 56.0 Å². The molecule has 4 aromatic rings. The average molecular weight is 746 g/mol. The van der Waals surface area contributed by atoms with Gasteiger partial charge >= 0.3 is 0 Å². The van der Waals surface area contributed by atoms with Crippen molar-refractivity contribution in [1.82, 2.24) is 39.5 Å². The molecule has 4 aliphatic heterocycles. The summed E-state index contributed by atoms with van der Waals surface area (Å²) in [5, 5.41) is 6.53. The van der Waals surface area contributed by atoms with Crippen LogP contribution in [0.25, 0.3) is 11.0 Å². The molecule has 9 rings (SSSR count). The van der Waals surface area contributed by atoms with Gasteiger partial charge < -0.3 is 29.5 Å². The van der Waals surface area contributed by atoms with Gasteiger partial charge in [0.05, 0.1) is 11.9 Å². The van der Waals surface area contributed by atoms with E-state index >= 15 is 0 Å². The molecule has 1 aliphatic carbocycles. The Kier molecular flexibility index (Phi) is 9.11. The van der Waals surface area contributed by atoms with Crippen molar-refractivity contribution in [3.8, 4) is 0 Å². The quantitative estimate of drug-likeness (QED) is 0.242. The summed E-state index contributed by atoms with van der Waals surface area (Å²) < 4.78 is 2.12. The van der Waals surface area contributed by atoms with Crippen LogP contribution in [-0.2, 0) is 16.1 Å². The minimum absolute atomic E-state index is 0.0297. The summed E-state index contributed by atoms with van der Waals surface area (Å²) in [4.78, 5) is 75.5. The van der Waals surface area contributed by atoms with Crippen LogP contribution in [0.4, 0.5) is 23.1 Å². The van der Waals surface area contributed by atoms with Crippen molar-refractivity contribution in [3.05, 3.63) is 65.6 Å². The van der Waals surface area contributed by atoms with E-state index in [0.29, 0.717) is 42.0 Å². The van der Waals surface area contributed by atoms with E-state index in [2.05, 4.69) is 47.0 Å². The minimum Gasteiger partial charge on any atom is -0.368 e. The van der Waals surface area contributed by atoms with Crippen molar-refractivity contribution in [3.63, 3.8) is 0 Å². The molecule has 4 fully saturated rings. The lowest BCUT2D eigenvalue weighted by molar-refractivity contribution is -0.136. The molecule has 5 aliphatic rings. The van der Waals surface area contributed by atoms with Gasteiger partial charge in [0.1, 0.15) is 23.2 Å². The van der Waals surface area contributed by atoms with Gasteiger partial charge in [0.25, 0.3) is 11.8 Å². The van der Waals surface area contributed by atoms with E-state index in [9.17, 15) is 19.2 Å². The Hall–Kier alpha value is -5.57. The van der Waals surface area contributed by atoms with E-state index in [1.165, 1.54) is 0 Å². The molecule has 0 radical (unpaired) electrons. The first-order valence-electron chi connectivity index (χ1n) is 19.5. The van der Waals surface area contributed by atoms with Crippen molar-refractivity contribution in [2.45, 2.75) is 69.6 Å². The van der Waals surface area contributed by atoms with E-state index in [0.717, 1.165) is 99.3 Å². The highest BCUT2D eigenvalue weighted by Gasteiger charge is 2.42. The number of piperazine rings is 1. The van der Waals surface area contributed by atoms with Crippen molar-refractivity contribution in [2.24, 2.45) is 0 Å². The van der Waals surface area contributed by atoms with Crippen molar-refractivity contribution >= 4 is 57.8 Å². The number of carbonyl (C=O) groups excluding carboxylic acids is 4. The van der Waals surface area contributed by atoms with Crippen LogP contribution in [0.2, 0.25) is 0 Å². The van der Waals surface area contributed by atoms with Crippen LogP contribution in [0.3, 0.4) is 0 Å². The first-order chi connectivity index (χ1) is 26.7. The van der Waals surface area contributed by atoms with Crippen LogP contribution < -0.4 is 20.4 Å². The summed E-state index contributed by atoms with van der Waals surface area (Å²) in [7, 11) is 3.56. The maximum absolute atomic E-state index is 13.4. The third-order valence-corrected chi connectivity index (χ3v) is 12.1. The third-order valence-electron chi connectivity index (χ3n) is 12.1. The van der Waals surface area contributed by atoms with Gasteiger partial charge in [0.15, 0.2) is 0 Å². The van der Waals surface area contributed by atoms with Gasteiger partial charge in [-0.3, -0.25) is 29.4 Å². The van der Waals surface area contributed by atoms with E-state index in [4.69, 9.17) is 9.97 Å². The highest BCUT2D eigenvalue weighted by molar-refractivity contribution is 6.06. The number of amides is 4. The predicted molar refractivity (Wildman–Crippen MR) is 207 cm³/mol. The summed E-state index contributed by atoms with van der Waals surface area (Å²) in [5.41, 5.74) is 5.21. The topological polar surface area (TPSA) is 152 Å². The second kappa shape index (κ2) is 14.3. The van der Waals surface area contributed by atoms with Crippen molar-refractivity contribution in [1.29, 1.82) is 0 Å². The lowest BCUT2D eigenvalue weighted by Gasteiger charge is -2.47. The minimum atomic E-state index is -0.615. The average Bonchev–Trinajstić information content (AvgIpc) is 3.92. The molecule has 3 aromatic heterocycles. The van der Waals surface area contributed by atoms with E-state index < -0.39 is 6.04 Å². The molecular formula is C40H47N11O4. The van der Waals surface area contributed by atoms with Crippen LogP contribution >= 0.6 is 0 Å². The Labute approximate surface area is 319 Å². The number of anilines is 4. The zero-order valence-corrected chi connectivity index (χ0v) is 31.4. The number of carbonyl (C=O) groups is 4. The molecule has 55 heavy (non-hydrogen) atoms. The number of aromatic nitrogens is 4. The molecule has 0 unspecified atom stereocenters. The van der Waals surface area contributed by atoms with Gasteiger partial charge in [-0.2, -0.15) is 4.98 Å². The number of rotatable bonds is 9. The molecule has 3 saturated heterocycles. The third kappa shape index (κ3) is 6.53. The number of imide groups is 1. The molecule has 15 heteroatoms. The summed E-state index contributed by atoms with van der Waals surface area (Å²) in [6, 6.07) is 11.8. The van der Waals surface area contributed by atoms with Gasteiger partial charge in [-0.15, -0.1) is 0 Å². The number of hydrogen-bond acceptors (Lipinski definition) is 11. The Bertz CT molecular complexity index is 2150. The summed E-state index contributed by atoms with van der Waals surface area (Å²) in [5.74, 6) is 0.282. The van der Waals surface area contributed by atoms with Crippen molar-refractivity contribution < 1.29 is 19.2 Å². The molecule has 0 bridgehead atoms. The lowest BCUT2D eigenvalue weighted by atomic mass is 9.97. The molecule has 286 valence electrons. The van der Waals surface area contributed by atoms with Gasteiger partial charge in [-0.25, -0.2) is 9.97 Å². The fourth-order valence-corrected chi connectivity index (χ4v) is 9.03. The Balaban J connectivity index is 0.810. The molecule has 1 saturated carbocycles. The maximum Gasteiger partial charge on any atom is 0.270 e. The van der Waals surface area contributed by atoms with Crippen molar-refractivity contribution in [2.75, 3.05) is 68.5 Å². The van der Waals surface area contributed by atoms with Gasteiger partial charge in [0, 0.05) is 107 Å². The molecule has 7 heterocycles. The van der Waals surface area contributed by atoms with Gasteiger partial charge in [0.2, 0.25) is 17.8 Å². The number of nitrogens with one attached hydrogen (secondary N) is 2. The number of piperidine rings is 1. The smallest absolute Gasteiger partial charge is 0.270 e. The predicted octanol–water partition coefficient (Wildman–Crippen LogP) is 3.55. The number of benzene rings is 1. The molecule has 1 aromatic carbocycles. The second-order valence-corrected chi connectivity index (χ2v) is 15.7. The lowest BCUT2D eigenvalue weighted by Crippen LogP contribution is -2.57. The van der Waals surface area contributed by atoms with Crippen LogP contribution in [-0.4, -0.2) is 123 Å². The van der Waals surface area contributed by atoms with E-state index in [1.807, 2.05) is 30.5 Å². The van der Waals surface area contributed by atoms with Gasteiger partial charge in [-0.1, -0.05) is 18.9 Å². The highest BCUT2D eigenvalue weighted by atomic mass is 16.2. The Morgan fingerprint density at radius 1 is 0.927 bits per heavy atom. The van der Waals surface area contributed by atoms with E-state index in [1.54, 1.807) is 30.1 Å². The van der Waals surface area contributed by atoms with Crippen LogP contribution in [0.15, 0.2) is 48.8 Å². The highest BCUT2D eigenvalue weighted by Crippen LogP contribution is 2.38. The SMILES string of the molecule is CN(C)C(=O)c1cc2cnc(Nc3ccc(N4CCN(C[C@H]5CCN5c5cccc6c5CN([C@H]5CCC(=O)NC5=O)C6=O)CC4)cn3)nc2n1C1CCCC1. The first kappa shape index (κ1) is 35.2. The monoisotopic (exact) mass is 745 g/mol. The number of nitrogens with zero attached hydrogens (tertiary/aromatic N) is 9. The summed E-state index contributed by atoms with van der Waals surface area (Å²) >= 11 is 0. The van der Waals surface area contributed by atoms with Crippen LogP contribution in [0.1, 0.15) is 77.4 Å². The first-order valence-corrected chi connectivity index (χ1v) is 19.5. The largest absolute Gasteiger partial charge is 0.368 e. The van der Waals surface area contributed by atoms with Crippen LogP contribution in [0, 0.1) is 0 Å². The zero-order valence-electron chi connectivity index (χ0n) is 31.4. The Morgan fingerprint density at radius 3 is 2.45 bits per heavy atom. The molecular weight excluding hydrogens is 699 g/mol. The standard InChI is InChI=1S/C40H47N11O4/c1-46(2)39(55)33-20-25-21-42-40(45-36(25)51(33)26-6-3-4-7-26)43-34-12-10-27(22-41-34)48-18-16-47(17-19-48)23-28-14-15-49(28)31-9-5-8-29-30(31)24-50(38(29)54)32-11-13-35(52)44-37(32)53/h5,8-10,12,20-22,26,28,32H,3-4,6-7,11,13-19,23-24H2,1-2H3,(H,44,52,53)(H,41,42,43,45)/t28-,32+/m1/s1. The fraction of sp³-hybridized carbons (Fsp3) is 0.475. The fourth-order valence-electron chi connectivity index (χ4n) is 9.03. The molecule has 2 atom stereocenters. The zero-order chi connectivity index (χ0) is 37.8. The molecule has 0 spiro atoms. The normalized spacial score (nSPS) is 21.9. The second-order valence-electron chi connectivity index (χ2n) is 15.7. The van der Waals surface area contributed by atoms with E-state index in [-0.39, 0.29) is 36.1 Å². The number of pyridine rings is 1. The van der Waals surface area contributed by atoms with Crippen LogP contribution in [0.5, 0.6) is 0 Å². The molecule has 2 N–H and O–H groups in total. The Morgan fingerprint density at radius 2 is 1.75 bits per heavy atom. The summed E-state index contributed by atoms with van der Waals surface area (Å²) in [6.07, 6.45) is 9.74. The molecule has 15 nitrogen and oxygen atoms in total. The maximum atomic E-state index is 13.4. The number of hydrogen-bond donors (Lipinski definition) is 2. The summed E-state index contributed by atoms with van der Waals surface area (Å²) in [6.45, 7) is 5.92. The molecule has 4 amide bonds. The number of fused-ring (bicyclic) bond motifs is 2.